The fraction of sp³-hybridized carbons (Fsp3) is 0.400. The summed E-state index contributed by atoms with van der Waals surface area (Å²) in [6.07, 6.45) is 0. The topological polar surface area (TPSA) is 40.5 Å². The molecular formula is C10H8F4I2O2. The fourth-order valence-corrected chi connectivity index (χ4v) is 3.00. The van der Waals surface area contributed by atoms with Crippen LogP contribution in [0.2, 0.25) is 0 Å². The zero-order valence-corrected chi connectivity index (χ0v) is 13.0. The van der Waals surface area contributed by atoms with Gasteiger partial charge in [-0.1, -0.05) is 0 Å². The van der Waals surface area contributed by atoms with Crippen molar-refractivity contribution in [1.29, 1.82) is 0 Å². The van der Waals surface area contributed by atoms with Crippen LogP contribution in [0.1, 0.15) is 11.1 Å². The molecular weight excluding hydrogens is 482 g/mol. The van der Waals surface area contributed by atoms with Gasteiger partial charge in [0.05, 0.1) is 0 Å². The average Bonchev–Trinajstić information content (AvgIpc) is 2.31. The quantitative estimate of drug-likeness (QED) is 0.504. The van der Waals surface area contributed by atoms with Crippen molar-refractivity contribution in [3.63, 3.8) is 0 Å². The van der Waals surface area contributed by atoms with Gasteiger partial charge in [-0.25, -0.2) is 0 Å². The molecule has 102 valence electrons. The molecule has 0 saturated heterocycles. The maximum Gasteiger partial charge on any atom is 0.296 e. The second-order valence-electron chi connectivity index (χ2n) is 3.54. The third-order valence-electron chi connectivity index (χ3n) is 2.24. The van der Waals surface area contributed by atoms with Gasteiger partial charge >= 0.3 is 0 Å². The molecule has 0 fully saturated rings. The van der Waals surface area contributed by atoms with Gasteiger partial charge in [0, 0.05) is 18.3 Å². The lowest BCUT2D eigenvalue weighted by Gasteiger charge is -2.20. The van der Waals surface area contributed by atoms with Gasteiger partial charge in [-0.2, -0.15) is 17.6 Å². The number of halogens is 6. The molecule has 0 aliphatic heterocycles. The van der Waals surface area contributed by atoms with E-state index in [0.29, 0.717) is 0 Å². The molecule has 0 bridgehead atoms. The molecule has 0 heterocycles. The van der Waals surface area contributed by atoms with E-state index in [-0.39, 0.29) is 7.14 Å². The highest BCUT2D eigenvalue weighted by atomic mass is 127. The number of alkyl halides is 4. The van der Waals surface area contributed by atoms with Gasteiger partial charge in [0.15, 0.2) is 0 Å². The van der Waals surface area contributed by atoms with Crippen LogP contribution in [0.25, 0.3) is 0 Å². The molecule has 8 heteroatoms. The third-order valence-corrected chi connectivity index (χ3v) is 4.03. The Bertz CT molecular complexity index is 410. The fourth-order valence-electron chi connectivity index (χ4n) is 1.28. The molecule has 1 aromatic rings. The van der Waals surface area contributed by atoms with E-state index in [2.05, 4.69) is 0 Å². The normalized spacial score (nSPS) is 12.9. The van der Waals surface area contributed by atoms with Crippen molar-refractivity contribution in [2.45, 2.75) is 11.8 Å². The van der Waals surface area contributed by atoms with E-state index in [0.717, 1.165) is 12.1 Å². The van der Waals surface area contributed by atoms with E-state index in [1.54, 1.807) is 0 Å². The van der Waals surface area contributed by atoms with Crippen molar-refractivity contribution < 1.29 is 27.8 Å². The lowest BCUT2D eigenvalue weighted by Crippen LogP contribution is -2.24. The molecule has 2 N–H and O–H groups in total. The Morgan fingerprint density at radius 3 is 1.33 bits per heavy atom. The highest BCUT2D eigenvalue weighted by Crippen LogP contribution is 2.38. The van der Waals surface area contributed by atoms with E-state index in [1.165, 1.54) is 45.2 Å². The predicted octanol–water partition coefficient (Wildman–Crippen LogP) is 3.06. The predicted molar refractivity (Wildman–Crippen MR) is 73.8 cm³/mol. The smallest absolute Gasteiger partial charge is 0.296 e. The van der Waals surface area contributed by atoms with E-state index in [9.17, 15) is 17.6 Å². The monoisotopic (exact) mass is 490 g/mol. The van der Waals surface area contributed by atoms with Crippen LogP contribution in [0.4, 0.5) is 17.6 Å². The zero-order chi connectivity index (χ0) is 14.1. The van der Waals surface area contributed by atoms with Crippen LogP contribution in [0.5, 0.6) is 0 Å². The minimum atomic E-state index is -3.48. The molecule has 0 unspecified atom stereocenters. The van der Waals surface area contributed by atoms with Crippen molar-refractivity contribution in [2.75, 3.05) is 13.2 Å². The summed E-state index contributed by atoms with van der Waals surface area (Å²) in [6, 6.07) is 1.80. The van der Waals surface area contributed by atoms with Gasteiger partial charge in [-0.15, -0.1) is 0 Å². The first-order chi connectivity index (χ1) is 8.15. The molecule has 0 aliphatic rings. The maximum atomic E-state index is 13.3. The molecule has 0 amide bonds. The highest BCUT2D eigenvalue weighted by Gasteiger charge is 2.37. The van der Waals surface area contributed by atoms with Crippen molar-refractivity contribution >= 4 is 45.2 Å². The van der Waals surface area contributed by atoms with Crippen molar-refractivity contribution in [1.82, 2.24) is 0 Å². The Morgan fingerprint density at radius 2 is 1.11 bits per heavy atom. The standard InChI is InChI=1S/C10H8F4I2O2/c11-9(12,3-17)5-1-7(15)6(2-8(5)16)10(13,14)4-18/h1-2,17-18H,3-4H2. The summed E-state index contributed by atoms with van der Waals surface area (Å²) in [7, 11) is 0. The Kier molecular flexibility index (Phi) is 5.23. The van der Waals surface area contributed by atoms with Gasteiger partial charge in [0.2, 0.25) is 0 Å². The van der Waals surface area contributed by atoms with E-state index >= 15 is 0 Å². The Morgan fingerprint density at radius 1 is 0.833 bits per heavy atom. The van der Waals surface area contributed by atoms with Crippen LogP contribution in [0.3, 0.4) is 0 Å². The highest BCUT2D eigenvalue weighted by molar-refractivity contribution is 14.1. The molecule has 0 aromatic heterocycles. The molecule has 18 heavy (non-hydrogen) atoms. The number of hydrogen-bond donors (Lipinski definition) is 2. The molecule has 1 aromatic carbocycles. The second-order valence-corrected chi connectivity index (χ2v) is 5.86. The van der Waals surface area contributed by atoms with E-state index < -0.39 is 36.2 Å². The molecule has 0 radical (unpaired) electrons. The Balaban J connectivity index is 3.38. The summed E-state index contributed by atoms with van der Waals surface area (Å²) >= 11 is 3.00. The van der Waals surface area contributed by atoms with E-state index in [1.807, 2.05) is 0 Å². The van der Waals surface area contributed by atoms with Gasteiger partial charge in [0.1, 0.15) is 13.2 Å². The second kappa shape index (κ2) is 5.75. The molecule has 0 spiro atoms. The van der Waals surface area contributed by atoms with Crippen molar-refractivity contribution in [2.24, 2.45) is 0 Å². The number of rotatable bonds is 4. The van der Waals surface area contributed by atoms with Gasteiger partial charge in [-0.3, -0.25) is 0 Å². The number of hydrogen-bond acceptors (Lipinski definition) is 2. The molecule has 2 nitrogen and oxygen atoms in total. The first kappa shape index (κ1) is 16.4. The number of aliphatic hydroxyl groups excluding tert-OH is 2. The summed E-state index contributed by atoms with van der Waals surface area (Å²) in [5, 5.41) is 17.2. The first-order valence-corrected chi connectivity index (χ1v) is 6.79. The Hall–Kier alpha value is 0.320. The largest absolute Gasteiger partial charge is 0.390 e. The summed E-state index contributed by atoms with van der Waals surface area (Å²) in [4.78, 5) is 0. The Labute approximate surface area is 128 Å². The van der Waals surface area contributed by atoms with E-state index in [4.69, 9.17) is 10.2 Å². The minimum Gasteiger partial charge on any atom is -0.390 e. The van der Waals surface area contributed by atoms with Gasteiger partial charge in [-0.05, 0) is 57.3 Å². The molecule has 0 atom stereocenters. The van der Waals surface area contributed by atoms with Crippen LogP contribution in [-0.4, -0.2) is 23.4 Å². The summed E-state index contributed by atoms with van der Waals surface area (Å²) in [5.41, 5.74) is -1.01. The first-order valence-electron chi connectivity index (χ1n) is 4.63. The van der Waals surface area contributed by atoms with Crippen LogP contribution < -0.4 is 0 Å². The lowest BCUT2D eigenvalue weighted by molar-refractivity contribution is -0.0598. The van der Waals surface area contributed by atoms with Crippen LogP contribution in [0, 0.1) is 7.14 Å². The summed E-state index contributed by atoms with van der Waals surface area (Å²) in [6.45, 7) is -2.79. The lowest BCUT2D eigenvalue weighted by atomic mass is 10.0. The number of aliphatic hydroxyl groups is 2. The molecule has 0 saturated carbocycles. The summed E-state index contributed by atoms with van der Waals surface area (Å²) in [5.74, 6) is -6.97. The van der Waals surface area contributed by atoms with Crippen LogP contribution in [-0.2, 0) is 11.8 Å². The van der Waals surface area contributed by atoms with Gasteiger partial charge < -0.3 is 10.2 Å². The maximum absolute atomic E-state index is 13.3. The van der Waals surface area contributed by atoms with Crippen LogP contribution >= 0.6 is 45.2 Å². The van der Waals surface area contributed by atoms with Crippen molar-refractivity contribution in [3.8, 4) is 0 Å². The van der Waals surface area contributed by atoms with Gasteiger partial charge in [0.25, 0.3) is 11.8 Å². The minimum absolute atomic E-state index is 0.0878. The SMILES string of the molecule is OCC(F)(F)c1cc(I)c(C(F)(F)CO)cc1I. The molecule has 1 rings (SSSR count). The number of benzene rings is 1. The van der Waals surface area contributed by atoms with Crippen molar-refractivity contribution in [3.05, 3.63) is 30.4 Å². The summed E-state index contributed by atoms with van der Waals surface area (Å²) < 4.78 is 53.2. The molecule has 0 aliphatic carbocycles. The zero-order valence-electron chi connectivity index (χ0n) is 8.73. The average molecular weight is 490 g/mol. The van der Waals surface area contributed by atoms with Crippen LogP contribution in [0.15, 0.2) is 12.1 Å². The third kappa shape index (κ3) is 3.25.